The Morgan fingerprint density at radius 1 is 1.18 bits per heavy atom. The van der Waals surface area contributed by atoms with E-state index in [-0.39, 0.29) is 34.7 Å². The van der Waals surface area contributed by atoms with Gasteiger partial charge in [-0.3, -0.25) is 0 Å². The summed E-state index contributed by atoms with van der Waals surface area (Å²) in [5.41, 5.74) is 7.85. The molecule has 2 N–H and O–H groups in total. The zero-order chi connectivity index (χ0) is 19.6. The van der Waals surface area contributed by atoms with Gasteiger partial charge < -0.3 is 10.5 Å². The summed E-state index contributed by atoms with van der Waals surface area (Å²) in [5.74, 6) is -0.612. The molecule has 1 fully saturated rings. The Morgan fingerprint density at radius 3 is 2.46 bits per heavy atom. The van der Waals surface area contributed by atoms with Crippen molar-refractivity contribution in [3.05, 3.63) is 65.2 Å². The van der Waals surface area contributed by atoms with Gasteiger partial charge in [-0.1, -0.05) is 42.0 Å². The predicted molar refractivity (Wildman–Crippen MR) is 110 cm³/mol. The molecule has 2 aromatic carbocycles. The van der Waals surface area contributed by atoms with E-state index in [0.29, 0.717) is 19.6 Å². The Morgan fingerprint density at radius 2 is 1.86 bits per heavy atom. The van der Waals surface area contributed by atoms with Crippen molar-refractivity contribution in [2.24, 2.45) is 11.7 Å². The van der Waals surface area contributed by atoms with Crippen LogP contribution in [-0.4, -0.2) is 45.4 Å². The summed E-state index contributed by atoms with van der Waals surface area (Å²) in [7, 11) is -2.61. The number of rotatable bonds is 5. The molecule has 0 aromatic heterocycles. The van der Waals surface area contributed by atoms with E-state index in [1.165, 1.54) is 17.5 Å². The minimum atomic E-state index is -3.85. The van der Waals surface area contributed by atoms with Crippen LogP contribution in [0.5, 0.6) is 0 Å². The van der Waals surface area contributed by atoms with Gasteiger partial charge in [0.1, 0.15) is 0 Å². The number of halogens is 1. The number of benzene rings is 2. The van der Waals surface area contributed by atoms with E-state index < -0.39 is 16.0 Å². The van der Waals surface area contributed by atoms with E-state index >= 15 is 0 Å². The SMILES string of the molecule is COC(=O)c1cc(C)ccc1S(=O)(=O)N1C[C@@H](CN)[C@H](c2ccccc2)C1.Cl. The summed E-state index contributed by atoms with van der Waals surface area (Å²) in [6.07, 6.45) is 0. The van der Waals surface area contributed by atoms with Crippen molar-refractivity contribution in [2.75, 3.05) is 26.7 Å². The fourth-order valence-electron chi connectivity index (χ4n) is 3.62. The topological polar surface area (TPSA) is 89.7 Å². The van der Waals surface area contributed by atoms with E-state index in [9.17, 15) is 13.2 Å². The third-order valence-electron chi connectivity index (χ3n) is 5.10. The first-order valence-electron chi connectivity index (χ1n) is 8.82. The quantitative estimate of drug-likeness (QED) is 0.745. The lowest BCUT2D eigenvalue weighted by Crippen LogP contribution is -2.31. The molecule has 0 spiro atoms. The summed E-state index contributed by atoms with van der Waals surface area (Å²) in [6.45, 7) is 2.85. The van der Waals surface area contributed by atoms with E-state index in [1.807, 2.05) is 30.3 Å². The molecule has 1 saturated heterocycles. The van der Waals surface area contributed by atoms with E-state index in [0.717, 1.165) is 11.1 Å². The number of carbonyl (C=O) groups is 1. The highest BCUT2D eigenvalue weighted by Crippen LogP contribution is 2.36. The third kappa shape index (κ3) is 4.22. The number of esters is 1. The predicted octanol–water partition coefficient (Wildman–Crippen LogP) is 2.57. The normalized spacial score (nSPS) is 19.8. The standard InChI is InChI=1S/C20H24N2O4S.ClH/c1-14-8-9-19(17(10-14)20(23)26-2)27(24,25)22-12-16(11-21)18(13-22)15-6-4-3-5-7-15;/h3-10,16,18H,11-13,21H2,1-2H3;1H/t16-,18+;/m1./s1. The van der Waals surface area contributed by atoms with Crippen LogP contribution >= 0.6 is 12.4 Å². The number of nitrogens with zero attached hydrogens (tertiary/aromatic N) is 1. The fraction of sp³-hybridized carbons (Fsp3) is 0.350. The second-order valence-corrected chi connectivity index (χ2v) is 8.73. The molecule has 2 aromatic rings. The van der Waals surface area contributed by atoms with Crippen LogP contribution in [0.3, 0.4) is 0 Å². The minimum absolute atomic E-state index is 0. The molecule has 0 bridgehead atoms. The van der Waals surface area contributed by atoms with Crippen molar-refractivity contribution in [2.45, 2.75) is 17.7 Å². The smallest absolute Gasteiger partial charge is 0.339 e. The number of ether oxygens (including phenoxy) is 1. The second kappa shape index (κ2) is 9.05. The van der Waals surface area contributed by atoms with Crippen molar-refractivity contribution < 1.29 is 17.9 Å². The molecular formula is C20H25ClN2O4S. The first-order chi connectivity index (χ1) is 12.9. The van der Waals surface area contributed by atoms with Gasteiger partial charge in [0.15, 0.2) is 0 Å². The first-order valence-corrected chi connectivity index (χ1v) is 10.3. The van der Waals surface area contributed by atoms with Crippen molar-refractivity contribution in [3.8, 4) is 0 Å². The van der Waals surface area contributed by atoms with Crippen LogP contribution in [0.1, 0.15) is 27.4 Å². The van der Waals surface area contributed by atoms with Gasteiger partial charge in [0.2, 0.25) is 10.0 Å². The maximum absolute atomic E-state index is 13.3. The summed E-state index contributed by atoms with van der Waals surface area (Å²) in [6, 6.07) is 14.5. The third-order valence-corrected chi connectivity index (χ3v) is 6.99. The van der Waals surface area contributed by atoms with Crippen molar-refractivity contribution in [3.63, 3.8) is 0 Å². The molecule has 28 heavy (non-hydrogen) atoms. The van der Waals surface area contributed by atoms with Crippen LogP contribution < -0.4 is 5.73 Å². The number of methoxy groups -OCH3 is 1. The molecule has 2 atom stereocenters. The van der Waals surface area contributed by atoms with Gasteiger partial charge in [0.05, 0.1) is 17.6 Å². The molecule has 0 saturated carbocycles. The Labute approximate surface area is 172 Å². The van der Waals surface area contributed by atoms with E-state index in [4.69, 9.17) is 10.5 Å². The number of aryl methyl sites for hydroxylation is 1. The Hall–Kier alpha value is -1.93. The summed E-state index contributed by atoms with van der Waals surface area (Å²) in [5, 5.41) is 0. The van der Waals surface area contributed by atoms with Crippen LogP contribution in [-0.2, 0) is 14.8 Å². The molecule has 8 heteroatoms. The van der Waals surface area contributed by atoms with Crippen LogP contribution in [0.15, 0.2) is 53.4 Å². The van der Waals surface area contributed by atoms with Crippen LogP contribution in [0.4, 0.5) is 0 Å². The second-order valence-electron chi connectivity index (χ2n) is 6.83. The average molecular weight is 425 g/mol. The Kier molecular flexibility index (Phi) is 7.22. The molecule has 152 valence electrons. The van der Waals surface area contributed by atoms with Gasteiger partial charge in [-0.25, -0.2) is 13.2 Å². The van der Waals surface area contributed by atoms with Crippen LogP contribution in [0, 0.1) is 12.8 Å². The highest BCUT2D eigenvalue weighted by atomic mass is 35.5. The van der Waals surface area contributed by atoms with Gasteiger partial charge in [0.25, 0.3) is 0 Å². The zero-order valence-electron chi connectivity index (χ0n) is 15.9. The van der Waals surface area contributed by atoms with Crippen LogP contribution in [0.2, 0.25) is 0 Å². The minimum Gasteiger partial charge on any atom is -0.465 e. The summed E-state index contributed by atoms with van der Waals surface area (Å²) in [4.78, 5) is 12.1. The largest absolute Gasteiger partial charge is 0.465 e. The maximum atomic E-state index is 13.3. The van der Waals surface area contributed by atoms with Crippen molar-refractivity contribution >= 4 is 28.4 Å². The number of hydrogen-bond donors (Lipinski definition) is 1. The maximum Gasteiger partial charge on any atom is 0.339 e. The summed E-state index contributed by atoms with van der Waals surface area (Å²) < 4.78 is 32.8. The number of hydrogen-bond acceptors (Lipinski definition) is 5. The molecule has 0 aliphatic carbocycles. The van der Waals surface area contributed by atoms with Gasteiger partial charge in [-0.05, 0) is 37.1 Å². The molecule has 1 heterocycles. The lowest BCUT2D eigenvalue weighted by atomic mass is 9.89. The first kappa shape index (κ1) is 22.4. The van der Waals surface area contributed by atoms with Crippen LogP contribution in [0.25, 0.3) is 0 Å². The number of sulfonamides is 1. The zero-order valence-corrected chi connectivity index (χ0v) is 17.5. The van der Waals surface area contributed by atoms with Gasteiger partial charge in [-0.15, -0.1) is 12.4 Å². The molecule has 1 aliphatic rings. The summed E-state index contributed by atoms with van der Waals surface area (Å²) >= 11 is 0. The van der Waals surface area contributed by atoms with E-state index in [1.54, 1.807) is 19.1 Å². The monoisotopic (exact) mass is 424 g/mol. The molecule has 0 amide bonds. The van der Waals surface area contributed by atoms with Crippen molar-refractivity contribution in [1.29, 1.82) is 0 Å². The Bertz CT molecular complexity index is 934. The highest BCUT2D eigenvalue weighted by molar-refractivity contribution is 7.89. The highest BCUT2D eigenvalue weighted by Gasteiger charge is 2.40. The molecular weight excluding hydrogens is 400 g/mol. The average Bonchev–Trinajstić information content (AvgIpc) is 3.13. The van der Waals surface area contributed by atoms with Gasteiger partial charge >= 0.3 is 5.97 Å². The molecule has 3 rings (SSSR count). The molecule has 0 radical (unpaired) electrons. The van der Waals surface area contributed by atoms with E-state index in [2.05, 4.69) is 0 Å². The lowest BCUT2D eigenvalue weighted by Gasteiger charge is -2.19. The fourth-order valence-corrected chi connectivity index (χ4v) is 5.30. The number of nitrogens with two attached hydrogens (primary N) is 1. The number of carbonyl (C=O) groups excluding carboxylic acids is 1. The molecule has 1 aliphatic heterocycles. The Balaban J connectivity index is 0.00000280. The van der Waals surface area contributed by atoms with Gasteiger partial charge in [-0.2, -0.15) is 4.31 Å². The molecule has 6 nitrogen and oxygen atoms in total. The van der Waals surface area contributed by atoms with Gasteiger partial charge in [0, 0.05) is 19.0 Å². The van der Waals surface area contributed by atoms with Crippen molar-refractivity contribution in [1.82, 2.24) is 4.31 Å². The lowest BCUT2D eigenvalue weighted by molar-refractivity contribution is 0.0596. The molecule has 0 unspecified atom stereocenters.